The van der Waals surface area contributed by atoms with Gasteiger partial charge in [-0.3, -0.25) is 0 Å². The first-order valence-corrected chi connectivity index (χ1v) is 7.93. The van der Waals surface area contributed by atoms with Crippen molar-refractivity contribution in [1.82, 2.24) is 0 Å². The molecule has 1 N–H and O–H groups in total. The molecular weight excluding hydrogens is 232 g/mol. The van der Waals surface area contributed by atoms with Gasteiger partial charge >= 0.3 is 0 Å². The smallest absolute Gasteiger partial charge is 0.0543 e. The Hall–Kier alpha value is -0.820. The van der Waals surface area contributed by atoms with Crippen molar-refractivity contribution in [2.75, 3.05) is 0 Å². The first kappa shape index (κ1) is 16.2. The van der Waals surface area contributed by atoms with Crippen LogP contribution in [0, 0.1) is 11.8 Å². The van der Waals surface area contributed by atoms with Gasteiger partial charge in [0, 0.05) is 0 Å². The Kier molecular flexibility index (Phi) is 7.81. The molecule has 3 atom stereocenters. The zero-order valence-corrected chi connectivity index (χ0v) is 12.8. The van der Waals surface area contributed by atoms with E-state index < -0.39 is 0 Å². The summed E-state index contributed by atoms with van der Waals surface area (Å²) in [6, 6.07) is 10.5. The monoisotopic (exact) mass is 262 g/mol. The van der Waals surface area contributed by atoms with Crippen molar-refractivity contribution >= 4 is 0 Å². The van der Waals surface area contributed by atoms with E-state index in [2.05, 4.69) is 45.0 Å². The van der Waals surface area contributed by atoms with Crippen LogP contribution in [-0.2, 0) is 6.42 Å². The van der Waals surface area contributed by atoms with E-state index in [4.69, 9.17) is 0 Å². The van der Waals surface area contributed by atoms with Crippen LogP contribution in [0.3, 0.4) is 0 Å². The Labute approximate surface area is 119 Å². The first-order chi connectivity index (χ1) is 9.21. The van der Waals surface area contributed by atoms with Crippen molar-refractivity contribution in [2.24, 2.45) is 11.8 Å². The Morgan fingerprint density at radius 2 is 1.58 bits per heavy atom. The Morgan fingerprint density at radius 1 is 0.947 bits per heavy atom. The average molecular weight is 262 g/mol. The maximum atomic E-state index is 9.42. The highest BCUT2D eigenvalue weighted by atomic mass is 16.3. The number of aliphatic hydroxyl groups excluding tert-OH is 1. The molecule has 0 bridgehead atoms. The summed E-state index contributed by atoms with van der Waals surface area (Å²) in [5.41, 5.74) is 1.41. The molecule has 1 aliphatic rings. The van der Waals surface area contributed by atoms with E-state index in [9.17, 15) is 5.11 Å². The van der Waals surface area contributed by atoms with Gasteiger partial charge in [-0.25, -0.2) is 0 Å². The lowest BCUT2D eigenvalue weighted by molar-refractivity contribution is 0.0656. The molecule has 19 heavy (non-hydrogen) atoms. The number of aliphatic hydroxyl groups is 1. The van der Waals surface area contributed by atoms with Gasteiger partial charge in [0.05, 0.1) is 6.10 Å². The van der Waals surface area contributed by atoms with Crippen LogP contribution in [0.25, 0.3) is 0 Å². The molecule has 0 aliphatic heterocycles. The van der Waals surface area contributed by atoms with E-state index in [-0.39, 0.29) is 6.10 Å². The summed E-state index contributed by atoms with van der Waals surface area (Å²) in [6.45, 7) is 6.67. The molecule has 3 unspecified atom stereocenters. The molecule has 108 valence electrons. The van der Waals surface area contributed by atoms with Crippen molar-refractivity contribution in [2.45, 2.75) is 65.4 Å². The number of hydrogen-bond donors (Lipinski definition) is 1. The minimum Gasteiger partial charge on any atom is -0.393 e. The van der Waals surface area contributed by atoms with Gasteiger partial charge in [0.1, 0.15) is 0 Å². The van der Waals surface area contributed by atoms with Crippen molar-refractivity contribution in [3.63, 3.8) is 0 Å². The van der Waals surface area contributed by atoms with E-state index in [1.807, 2.05) is 6.07 Å². The van der Waals surface area contributed by atoms with E-state index in [1.54, 1.807) is 0 Å². The van der Waals surface area contributed by atoms with Gasteiger partial charge in [0.25, 0.3) is 0 Å². The SMILES string of the molecule is CCC1CCC(O)CC1CC.CCc1ccccc1. The molecule has 1 aromatic rings. The molecule has 0 saturated heterocycles. The van der Waals surface area contributed by atoms with Gasteiger partial charge in [0.2, 0.25) is 0 Å². The van der Waals surface area contributed by atoms with Gasteiger partial charge < -0.3 is 5.11 Å². The van der Waals surface area contributed by atoms with E-state index in [1.165, 1.54) is 24.8 Å². The predicted molar refractivity (Wildman–Crippen MR) is 83.2 cm³/mol. The topological polar surface area (TPSA) is 20.2 Å². The summed E-state index contributed by atoms with van der Waals surface area (Å²) in [5, 5.41) is 9.42. The maximum Gasteiger partial charge on any atom is 0.0543 e. The van der Waals surface area contributed by atoms with Crippen LogP contribution < -0.4 is 0 Å². The van der Waals surface area contributed by atoms with Crippen LogP contribution in [0.2, 0.25) is 0 Å². The van der Waals surface area contributed by atoms with E-state index in [0.29, 0.717) is 0 Å². The van der Waals surface area contributed by atoms with Gasteiger partial charge in [-0.05, 0) is 43.1 Å². The number of benzene rings is 1. The molecule has 1 heteroatoms. The normalized spacial score (nSPS) is 26.4. The van der Waals surface area contributed by atoms with Gasteiger partial charge in [-0.15, -0.1) is 0 Å². The zero-order chi connectivity index (χ0) is 14.1. The van der Waals surface area contributed by atoms with E-state index in [0.717, 1.165) is 31.1 Å². The molecule has 1 fully saturated rings. The molecule has 0 radical (unpaired) electrons. The molecule has 0 aromatic heterocycles. The Balaban J connectivity index is 0.000000200. The summed E-state index contributed by atoms with van der Waals surface area (Å²) in [7, 11) is 0. The third-order valence-electron chi connectivity index (χ3n) is 4.41. The number of aryl methyl sites for hydroxylation is 1. The van der Waals surface area contributed by atoms with Crippen LogP contribution in [0.1, 0.15) is 58.4 Å². The lowest BCUT2D eigenvalue weighted by atomic mass is 9.75. The summed E-state index contributed by atoms with van der Waals surface area (Å²) in [4.78, 5) is 0. The fourth-order valence-corrected chi connectivity index (χ4v) is 3.05. The van der Waals surface area contributed by atoms with Crippen LogP contribution in [-0.4, -0.2) is 11.2 Å². The highest BCUT2D eigenvalue weighted by Gasteiger charge is 2.26. The summed E-state index contributed by atoms with van der Waals surface area (Å²) in [5.74, 6) is 1.69. The second kappa shape index (κ2) is 9.14. The van der Waals surface area contributed by atoms with Crippen molar-refractivity contribution < 1.29 is 5.11 Å². The lowest BCUT2D eigenvalue weighted by Crippen LogP contribution is -2.26. The number of rotatable bonds is 3. The molecule has 1 aromatic carbocycles. The van der Waals surface area contributed by atoms with Crippen LogP contribution in [0.5, 0.6) is 0 Å². The largest absolute Gasteiger partial charge is 0.393 e. The fourth-order valence-electron chi connectivity index (χ4n) is 3.05. The summed E-state index contributed by atoms with van der Waals surface area (Å²) >= 11 is 0. The second-order valence-corrected chi connectivity index (χ2v) is 5.64. The third kappa shape index (κ3) is 5.78. The molecule has 0 spiro atoms. The third-order valence-corrected chi connectivity index (χ3v) is 4.41. The highest BCUT2D eigenvalue weighted by molar-refractivity contribution is 5.13. The Morgan fingerprint density at radius 3 is 2.05 bits per heavy atom. The number of hydrogen-bond acceptors (Lipinski definition) is 1. The second-order valence-electron chi connectivity index (χ2n) is 5.64. The van der Waals surface area contributed by atoms with Gasteiger partial charge in [-0.1, -0.05) is 63.9 Å². The Bertz CT molecular complexity index is 320. The molecule has 2 rings (SSSR count). The van der Waals surface area contributed by atoms with Crippen LogP contribution >= 0.6 is 0 Å². The zero-order valence-electron chi connectivity index (χ0n) is 12.8. The minimum absolute atomic E-state index is 0.00255. The van der Waals surface area contributed by atoms with Gasteiger partial charge in [0.15, 0.2) is 0 Å². The standard InChI is InChI=1S/C10H20O.C8H10/c1-3-8-5-6-10(11)7-9(8)4-2;1-2-8-6-4-3-5-7-8/h8-11H,3-7H2,1-2H3;3-7H,2H2,1H3. The van der Waals surface area contributed by atoms with Crippen LogP contribution in [0.15, 0.2) is 30.3 Å². The van der Waals surface area contributed by atoms with Crippen molar-refractivity contribution in [3.05, 3.63) is 35.9 Å². The minimum atomic E-state index is 0.00255. The molecule has 0 heterocycles. The molecule has 1 saturated carbocycles. The molecule has 0 amide bonds. The molecule has 1 nitrogen and oxygen atoms in total. The lowest BCUT2D eigenvalue weighted by Gasteiger charge is -2.32. The summed E-state index contributed by atoms with van der Waals surface area (Å²) < 4.78 is 0. The first-order valence-electron chi connectivity index (χ1n) is 7.93. The summed E-state index contributed by atoms with van der Waals surface area (Å²) in [6.07, 6.45) is 7.02. The van der Waals surface area contributed by atoms with Crippen molar-refractivity contribution in [3.8, 4) is 0 Å². The quantitative estimate of drug-likeness (QED) is 0.827. The molecule has 1 aliphatic carbocycles. The maximum absolute atomic E-state index is 9.42. The average Bonchev–Trinajstić information content (AvgIpc) is 2.48. The predicted octanol–water partition coefficient (Wildman–Crippen LogP) is 4.83. The molecular formula is C18H30O. The van der Waals surface area contributed by atoms with Gasteiger partial charge in [-0.2, -0.15) is 0 Å². The fraction of sp³-hybridized carbons (Fsp3) is 0.667. The van der Waals surface area contributed by atoms with Crippen molar-refractivity contribution in [1.29, 1.82) is 0 Å². The van der Waals surface area contributed by atoms with Crippen LogP contribution in [0.4, 0.5) is 0 Å². The highest BCUT2D eigenvalue weighted by Crippen LogP contribution is 2.34. The van der Waals surface area contributed by atoms with E-state index >= 15 is 0 Å².